The predicted octanol–water partition coefficient (Wildman–Crippen LogP) is 1.16. The number of para-hydroxylation sites is 1. The van der Waals surface area contributed by atoms with E-state index >= 15 is 0 Å². The molecule has 3 unspecified atom stereocenters. The van der Waals surface area contributed by atoms with Crippen LogP contribution in [0.3, 0.4) is 0 Å². The van der Waals surface area contributed by atoms with Crippen LogP contribution < -0.4 is 4.74 Å². The van der Waals surface area contributed by atoms with Crippen LogP contribution in [0.5, 0.6) is 5.75 Å². The maximum atomic E-state index is 12.9. The van der Waals surface area contributed by atoms with E-state index in [1.165, 1.54) is 0 Å². The van der Waals surface area contributed by atoms with Crippen LogP contribution in [0, 0.1) is 0 Å². The Labute approximate surface area is 124 Å². The highest BCUT2D eigenvalue weighted by Crippen LogP contribution is 2.35. The van der Waals surface area contributed by atoms with Crippen LogP contribution in [0.2, 0.25) is 0 Å². The van der Waals surface area contributed by atoms with Crippen molar-refractivity contribution in [2.75, 3.05) is 26.3 Å². The number of amides is 1. The van der Waals surface area contributed by atoms with E-state index in [2.05, 4.69) is 0 Å². The number of fused-ring (bicyclic) bond motifs is 1. The normalized spacial score (nSPS) is 28.7. The third-order valence-electron chi connectivity index (χ3n) is 4.10. The molecule has 2 aliphatic heterocycles. The summed E-state index contributed by atoms with van der Waals surface area (Å²) in [6.45, 7) is 3.48. The Morgan fingerprint density at radius 1 is 1.38 bits per heavy atom. The van der Waals surface area contributed by atoms with Crippen LogP contribution in [-0.2, 0) is 9.53 Å². The van der Waals surface area contributed by atoms with Gasteiger partial charge in [-0.05, 0) is 19.4 Å². The number of benzene rings is 1. The van der Waals surface area contributed by atoms with Crippen LogP contribution in [-0.4, -0.2) is 54.4 Å². The van der Waals surface area contributed by atoms with E-state index in [0.29, 0.717) is 26.1 Å². The molecule has 3 rings (SSSR count). The summed E-state index contributed by atoms with van der Waals surface area (Å²) in [5.41, 5.74) is 0.966. The van der Waals surface area contributed by atoms with Crippen molar-refractivity contribution in [2.24, 2.45) is 0 Å². The molecule has 3 atom stereocenters. The number of hydrogen-bond donors (Lipinski definition) is 1. The average molecular weight is 291 g/mol. The fourth-order valence-corrected chi connectivity index (χ4v) is 3.14. The van der Waals surface area contributed by atoms with E-state index in [9.17, 15) is 9.90 Å². The maximum Gasteiger partial charge on any atom is 0.230 e. The van der Waals surface area contributed by atoms with Crippen molar-refractivity contribution in [1.82, 2.24) is 4.90 Å². The molecule has 21 heavy (non-hydrogen) atoms. The number of ether oxygens (including phenoxy) is 2. The van der Waals surface area contributed by atoms with Gasteiger partial charge in [-0.25, -0.2) is 0 Å². The van der Waals surface area contributed by atoms with Gasteiger partial charge in [-0.3, -0.25) is 4.79 Å². The second-order valence-electron chi connectivity index (χ2n) is 5.72. The topological polar surface area (TPSA) is 59.0 Å². The van der Waals surface area contributed by atoms with Crippen LogP contribution in [0.15, 0.2) is 24.3 Å². The second kappa shape index (κ2) is 6.03. The second-order valence-corrected chi connectivity index (χ2v) is 5.72. The van der Waals surface area contributed by atoms with Crippen LogP contribution in [0.25, 0.3) is 0 Å². The molecule has 0 bridgehead atoms. The van der Waals surface area contributed by atoms with Gasteiger partial charge in [0, 0.05) is 18.7 Å². The molecule has 2 heterocycles. The molecule has 0 aliphatic carbocycles. The standard InChI is InChI=1S/C16H21NO4/c1-11-8-17(9-12(10-18)21-11)16(19)14-6-7-20-15-5-3-2-4-13(14)15/h2-5,11-12,14,18H,6-10H2,1H3. The van der Waals surface area contributed by atoms with E-state index in [4.69, 9.17) is 9.47 Å². The van der Waals surface area contributed by atoms with Gasteiger partial charge in [0.1, 0.15) is 5.75 Å². The van der Waals surface area contributed by atoms with E-state index in [1.807, 2.05) is 36.1 Å². The molecule has 2 aliphatic rings. The molecule has 0 radical (unpaired) electrons. The van der Waals surface area contributed by atoms with Gasteiger partial charge in [0.05, 0.1) is 31.3 Å². The average Bonchev–Trinajstić information content (AvgIpc) is 2.53. The lowest BCUT2D eigenvalue weighted by Gasteiger charge is -2.38. The van der Waals surface area contributed by atoms with Crippen LogP contribution >= 0.6 is 0 Å². The smallest absolute Gasteiger partial charge is 0.230 e. The Morgan fingerprint density at radius 3 is 3.00 bits per heavy atom. The molecule has 5 nitrogen and oxygen atoms in total. The Morgan fingerprint density at radius 2 is 2.19 bits per heavy atom. The van der Waals surface area contributed by atoms with Crippen molar-refractivity contribution in [1.29, 1.82) is 0 Å². The molecule has 0 spiro atoms. The zero-order chi connectivity index (χ0) is 14.8. The summed E-state index contributed by atoms with van der Waals surface area (Å²) in [7, 11) is 0. The Hall–Kier alpha value is -1.59. The first-order valence-electron chi connectivity index (χ1n) is 7.46. The number of rotatable bonds is 2. The zero-order valence-electron chi connectivity index (χ0n) is 12.2. The van der Waals surface area contributed by atoms with Crippen molar-refractivity contribution in [3.8, 4) is 5.75 Å². The summed E-state index contributed by atoms with van der Waals surface area (Å²) in [5.74, 6) is 0.765. The molecule has 1 amide bonds. The first-order valence-corrected chi connectivity index (χ1v) is 7.46. The molecule has 114 valence electrons. The monoisotopic (exact) mass is 291 g/mol. The number of carbonyl (C=O) groups excluding carboxylic acids is 1. The summed E-state index contributed by atoms with van der Waals surface area (Å²) < 4.78 is 11.2. The maximum absolute atomic E-state index is 12.9. The number of aliphatic hydroxyl groups excluding tert-OH is 1. The van der Waals surface area contributed by atoms with Crippen molar-refractivity contribution in [2.45, 2.75) is 31.5 Å². The first-order chi connectivity index (χ1) is 10.2. The van der Waals surface area contributed by atoms with Gasteiger partial charge in [-0.1, -0.05) is 18.2 Å². The molecule has 0 aromatic heterocycles. The van der Waals surface area contributed by atoms with E-state index in [0.717, 1.165) is 11.3 Å². The van der Waals surface area contributed by atoms with Crippen molar-refractivity contribution in [3.05, 3.63) is 29.8 Å². The molecule has 5 heteroatoms. The van der Waals surface area contributed by atoms with Gasteiger partial charge < -0.3 is 19.5 Å². The summed E-state index contributed by atoms with van der Waals surface area (Å²) >= 11 is 0. The van der Waals surface area contributed by atoms with E-state index in [-0.39, 0.29) is 30.6 Å². The highest BCUT2D eigenvalue weighted by Gasteiger charge is 2.35. The fourth-order valence-electron chi connectivity index (χ4n) is 3.14. The summed E-state index contributed by atoms with van der Waals surface area (Å²) in [6.07, 6.45) is 0.369. The lowest BCUT2D eigenvalue weighted by atomic mass is 9.91. The number of hydrogen-bond acceptors (Lipinski definition) is 4. The SMILES string of the molecule is CC1CN(C(=O)C2CCOc3ccccc32)CC(CO)O1. The quantitative estimate of drug-likeness (QED) is 0.888. The van der Waals surface area contributed by atoms with Gasteiger partial charge >= 0.3 is 0 Å². The highest BCUT2D eigenvalue weighted by atomic mass is 16.5. The molecule has 1 N–H and O–H groups in total. The van der Waals surface area contributed by atoms with Gasteiger partial charge in [0.25, 0.3) is 0 Å². The minimum Gasteiger partial charge on any atom is -0.493 e. The minimum absolute atomic E-state index is 0.0464. The summed E-state index contributed by atoms with van der Waals surface area (Å²) in [4.78, 5) is 14.7. The number of aliphatic hydroxyl groups is 1. The van der Waals surface area contributed by atoms with E-state index < -0.39 is 0 Å². The third-order valence-corrected chi connectivity index (χ3v) is 4.10. The molecular formula is C16H21NO4. The van der Waals surface area contributed by atoms with Gasteiger partial charge in [0.15, 0.2) is 0 Å². The molecule has 1 saturated heterocycles. The molecule has 0 saturated carbocycles. The highest BCUT2D eigenvalue weighted by molar-refractivity contribution is 5.85. The summed E-state index contributed by atoms with van der Waals surface area (Å²) in [6, 6.07) is 7.73. The van der Waals surface area contributed by atoms with Gasteiger partial charge in [-0.2, -0.15) is 0 Å². The molecular weight excluding hydrogens is 270 g/mol. The predicted molar refractivity (Wildman–Crippen MR) is 77.3 cm³/mol. The fraction of sp³-hybridized carbons (Fsp3) is 0.562. The lowest BCUT2D eigenvalue weighted by Crippen LogP contribution is -2.51. The number of nitrogens with zero attached hydrogens (tertiary/aromatic N) is 1. The Bertz CT molecular complexity index is 519. The van der Waals surface area contributed by atoms with Gasteiger partial charge in [0.2, 0.25) is 5.91 Å². The van der Waals surface area contributed by atoms with Crippen molar-refractivity contribution >= 4 is 5.91 Å². The molecule has 1 fully saturated rings. The van der Waals surface area contributed by atoms with Crippen molar-refractivity contribution in [3.63, 3.8) is 0 Å². The molecule has 1 aromatic rings. The van der Waals surface area contributed by atoms with Crippen LogP contribution in [0.1, 0.15) is 24.8 Å². The van der Waals surface area contributed by atoms with Crippen molar-refractivity contribution < 1.29 is 19.4 Å². The Kier molecular flexibility index (Phi) is 4.12. The first kappa shape index (κ1) is 14.4. The minimum atomic E-state index is -0.284. The molecule has 1 aromatic carbocycles. The summed E-state index contributed by atoms with van der Waals surface area (Å²) in [5, 5.41) is 9.29. The zero-order valence-corrected chi connectivity index (χ0v) is 12.2. The lowest BCUT2D eigenvalue weighted by molar-refractivity contribution is -0.149. The largest absolute Gasteiger partial charge is 0.493 e. The van der Waals surface area contributed by atoms with Gasteiger partial charge in [-0.15, -0.1) is 0 Å². The third kappa shape index (κ3) is 2.89. The number of morpholine rings is 1. The number of carbonyl (C=O) groups is 1. The van der Waals surface area contributed by atoms with E-state index in [1.54, 1.807) is 0 Å². The Balaban J connectivity index is 1.79. The van der Waals surface area contributed by atoms with Crippen LogP contribution in [0.4, 0.5) is 0 Å².